The zero-order valence-corrected chi connectivity index (χ0v) is 18.9. The molecule has 0 radical (unpaired) electrons. The van der Waals surface area contributed by atoms with Gasteiger partial charge in [0, 0.05) is 36.4 Å². The van der Waals surface area contributed by atoms with E-state index in [0.29, 0.717) is 37.1 Å². The molecule has 2 aromatic carbocycles. The van der Waals surface area contributed by atoms with Crippen molar-refractivity contribution in [2.45, 2.75) is 37.5 Å². The molecule has 1 aliphatic heterocycles. The number of carbonyl (C=O) groups excluding carboxylic acids is 2. The van der Waals surface area contributed by atoms with E-state index in [1.165, 1.54) is 4.31 Å². The third-order valence-corrected chi connectivity index (χ3v) is 8.63. The van der Waals surface area contributed by atoms with Crippen LogP contribution in [0.2, 0.25) is 0 Å². The van der Waals surface area contributed by atoms with Crippen LogP contribution in [0.25, 0.3) is 0 Å². The van der Waals surface area contributed by atoms with Gasteiger partial charge in [-0.1, -0.05) is 42.5 Å². The summed E-state index contributed by atoms with van der Waals surface area (Å²) in [7, 11) is -3.75. The summed E-state index contributed by atoms with van der Waals surface area (Å²) < 4.78 is 33.6. The molecule has 1 aliphatic carbocycles. The van der Waals surface area contributed by atoms with Crippen LogP contribution in [0.1, 0.15) is 41.6 Å². The third kappa shape index (κ3) is 3.97. The highest BCUT2D eigenvalue weighted by Crippen LogP contribution is 2.54. The second kappa shape index (κ2) is 8.54. The molecule has 1 saturated heterocycles. The molecule has 0 bridgehead atoms. The Kier molecular flexibility index (Phi) is 5.95. The Hall–Kier alpha value is -2.93. The average molecular weight is 454 g/mol. The van der Waals surface area contributed by atoms with E-state index in [4.69, 9.17) is 4.74 Å². The van der Waals surface area contributed by atoms with Gasteiger partial charge >= 0.3 is 5.97 Å². The van der Waals surface area contributed by atoms with Crippen LogP contribution < -0.4 is 0 Å². The van der Waals surface area contributed by atoms with Crippen molar-refractivity contribution in [2.24, 2.45) is 11.3 Å². The molecular formula is C25H27NO5S. The summed E-state index contributed by atoms with van der Waals surface area (Å²) in [6.45, 7) is 6.43. The van der Waals surface area contributed by atoms with Crippen LogP contribution in [0, 0.1) is 18.3 Å². The van der Waals surface area contributed by atoms with Gasteiger partial charge in [0.25, 0.3) is 10.0 Å². The number of ketones is 1. The zero-order valence-electron chi connectivity index (χ0n) is 18.1. The van der Waals surface area contributed by atoms with Gasteiger partial charge < -0.3 is 4.74 Å². The molecule has 2 aromatic rings. The summed E-state index contributed by atoms with van der Waals surface area (Å²) in [5.74, 6) is -0.655. The standard InChI is InChI=1S/C25H27NO5S/c1-18-8-10-23(11-9-18)32(29,30)26-15-14-25(19(26)2)13-12-22(27)16-21(25)17-31-24(28)20-6-4-3-5-7-20/h3-11,21H,2,12-17H2,1H3/t21-,25-/m1/s1. The van der Waals surface area contributed by atoms with Crippen LogP contribution in [0.3, 0.4) is 0 Å². The lowest BCUT2D eigenvalue weighted by Gasteiger charge is -2.41. The number of aryl methyl sites for hydroxylation is 1. The number of carbonyl (C=O) groups is 2. The topological polar surface area (TPSA) is 80.8 Å². The first-order valence-electron chi connectivity index (χ1n) is 10.8. The molecular weight excluding hydrogens is 426 g/mol. The minimum atomic E-state index is -3.75. The first kappa shape index (κ1) is 22.3. The van der Waals surface area contributed by atoms with Crippen molar-refractivity contribution in [3.8, 4) is 0 Å². The van der Waals surface area contributed by atoms with Gasteiger partial charge in [-0.05, 0) is 44.0 Å². The summed E-state index contributed by atoms with van der Waals surface area (Å²) in [6, 6.07) is 15.4. The molecule has 0 unspecified atom stereocenters. The Bertz CT molecular complexity index is 1140. The SMILES string of the molecule is C=C1N(S(=O)(=O)c2ccc(C)cc2)CC[C@]12CCC(=O)C[C@@H]2COC(=O)c1ccccc1. The van der Waals surface area contributed by atoms with Gasteiger partial charge in [-0.25, -0.2) is 13.2 Å². The Morgan fingerprint density at radius 2 is 1.81 bits per heavy atom. The number of esters is 1. The maximum atomic E-state index is 13.3. The van der Waals surface area contributed by atoms with Gasteiger partial charge in [0.05, 0.1) is 17.1 Å². The zero-order chi connectivity index (χ0) is 22.9. The number of nitrogens with zero attached hydrogens (tertiary/aromatic N) is 1. The second-order valence-corrected chi connectivity index (χ2v) is 10.5. The maximum absolute atomic E-state index is 13.3. The summed E-state index contributed by atoms with van der Waals surface area (Å²) in [6.07, 6.45) is 1.69. The van der Waals surface area contributed by atoms with Crippen molar-refractivity contribution in [1.82, 2.24) is 4.31 Å². The molecule has 0 N–H and O–H groups in total. The Balaban J connectivity index is 1.56. The Labute approximate surface area is 188 Å². The lowest BCUT2D eigenvalue weighted by Crippen LogP contribution is -2.41. The molecule has 2 atom stereocenters. The molecule has 1 heterocycles. The molecule has 4 rings (SSSR count). The van der Waals surface area contributed by atoms with Crippen molar-refractivity contribution >= 4 is 21.8 Å². The van der Waals surface area contributed by atoms with Gasteiger partial charge in [0.15, 0.2) is 0 Å². The minimum absolute atomic E-state index is 0.0525. The Morgan fingerprint density at radius 1 is 1.12 bits per heavy atom. The van der Waals surface area contributed by atoms with Crippen molar-refractivity contribution in [2.75, 3.05) is 13.2 Å². The number of sulfonamides is 1. The number of ether oxygens (including phenoxy) is 1. The van der Waals surface area contributed by atoms with Crippen molar-refractivity contribution in [3.63, 3.8) is 0 Å². The van der Waals surface area contributed by atoms with Crippen molar-refractivity contribution < 1.29 is 22.7 Å². The average Bonchev–Trinajstić information content (AvgIpc) is 3.12. The quantitative estimate of drug-likeness (QED) is 0.637. The van der Waals surface area contributed by atoms with Crippen molar-refractivity contribution in [3.05, 3.63) is 78.0 Å². The molecule has 7 heteroatoms. The fourth-order valence-corrected chi connectivity index (χ4v) is 6.37. The first-order chi connectivity index (χ1) is 15.2. The number of hydrogen-bond acceptors (Lipinski definition) is 5. The molecule has 6 nitrogen and oxygen atoms in total. The first-order valence-corrected chi connectivity index (χ1v) is 12.2. The molecule has 2 aliphatic rings. The highest BCUT2D eigenvalue weighted by Gasteiger charge is 2.53. The van der Waals surface area contributed by atoms with Gasteiger partial charge in [-0.3, -0.25) is 9.10 Å². The van der Waals surface area contributed by atoms with Crippen LogP contribution in [0.5, 0.6) is 0 Å². The number of rotatable bonds is 5. The number of Topliss-reactive ketones (excluding diaryl/α,β-unsaturated/α-hetero) is 1. The number of benzene rings is 2. The van der Waals surface area contributed by atoms with E-state index in [2.05, 4.69) is 6.58 Å². The smallest absolute Gasteiger partial charge is 0.338 e. The van der Waals surface area contributed by atoms with Gasteiger partial charge in [0.1, 0.15) is 5.78 Å². The van der Waals surface area contributed by atoms with E-state index in [-0.39, 0.29) is 29.6 Å². The fourth-order valence-electron chi connectivity index (χ4n) is 4.83. The van der Waals surface area contributed by atoms with E-state index in [1.54, 1.807) is 48.5 Å². The van der Waals surface area contributed by atoms with E-state index < -0.39 is 21.4 Å². The molecule has 2 fully saturated rings. The lowest BCUT2D eigenvalue weighted by molar-refractivity contribution is -0.125. The van der Waals surface area contributed by atoms with Crippen LogP contribution in [0.4, 0.5) is 0 Å². The molecule has 32 heavy (non-hydrogen) atoms. The highest BCUT2D eigenvalue weighted by atomic mass is 32.2. The van der Waals surface area contributed by atoms with Crippen LogP contribution in [0.15, 0.2) is 71.8 Å². The van der Waals surface area contributed by atoms with E-state index in [0.717, 1.165) is 5.56 Å². The van der Waals surface area contributed by atoms with E-state index >= 15 is 0 Å². The molecule has 0 aromatic heterocycles. The van der Waals surface area contributed by atoms with E-state index in [1.807, 2.05) is 13.0 Å². The normalized spacial score (nSPS) is 23.5. The van der Waals surface area contributed by atoms with Gasteiger partial charge in [-0.2, -0.15) is 0 Å². The monoisotopic (exact) mass is 453 g/mol. The summed E-state index contributed by atoms with van der Waals surface area (Å²) in [5.41, 5.74) is 1.33. The molecule has 168 valence electrons. The molecule has 0 amide bonds. The number of hydrogen-bond donors (Lipinski definition) is 0. The number of allylic oxidation sites excluding steroid dienone is 1. The molecule has 1 saturated carbocycles. The summed E-state index contributed by atoms with van der Waals surface area (Å²) in [4.78, 5) is 24.9. The van der Waals surface area contributed by atoms with Gasteiger partial charge in [0.2, 0.25) is 0 Å². The summed E-state index contributed by atoms with van der Waals surface area (Å²) in [5, 5.41) is 0. The van der Waals surface area contributed by atoms with Gasteiger partial charge in [-0.15, -0.1) is 0 Å². The predicted molar refractivity (Wildman–Crippen MR) is 120 cm³/mol. The largest absolute Gasteiger partial charge is 0.462 e. The van der Waals surface area contributed by atoms with Crippen LogP contribution in [-0.2, 0) is 19.6 Å². The second-order valence-electron chi connectivity index (χ2n) is 8.65. The Morgan fingerprint density at radius 3 is 2.50 bits per heavy atom. The van der Waals surface area contributed by atoms with Crippen molar-refractivity contribution in [1.29, 1.82) is 0 Å². The van der Waals surface area contributed by atoms with E-state index in [9.17, 15) is 18.0 Å². The summed E-state index contributed by atoms with van der Waals surface area (Å²) >= 11 is 0. The van der Waals surface area contributed by atoms with Crippen LogP contribution >= 0.6 is 0 Å². The lowest BCUT2D eigenvalue weighted by atomic mass is 9.64. The molecule has 1 spiro atoms. The third-order valence-electron chi connectivity index (χ3n) is 6.78. The maximum Gasteiger partial charge on any atom is 0.338 e. The van der Waals surface area contributed by atoms with Crippen LogP contribution in [-0.4, -0.2) is 37.6 Å². The minimum Gasteiger partial charge on any atom is -0.462 e. The predicted octanol–water partition coefficient (Wildman–Crippen LogP) is 4.12. The highest BCUT2D eigenvalue weighted by molar-refractivity contribution is 7.89. The fraction of sp³-hybridized carbons (Fsp3) is 0.360.